The number of aryl methyl sites for hydroxylation is 2. The lowest BCUT2D eigenvalue weighted by Crippen LogP contribution is -2.40. The lowest BCUT2D eigenvalue weighted by Gasteiger charge is -2.26. The molecule has 2 aliphatic carbocycles. The van der Waals surface area contributed by atoms with Crippen molar-refractivity contribution in [3.8, 4) is 16.8 Å². The van der Waals surface area contributed by atoms with Gasteiger partial charge >= 0.3 is 0 Å². The van der Waals surface area contributed by atoms with Crippen molar-refractivity contribution < 1.29 is 44.3 Å². The van der Waals surface area contributed by atoms with Gasteiger partial charge < -0.3 is 10.1 Å². The summed E-state index contributed by atoms with van der Waals surface area (Å²) in [5.74, 6) is -8.59. The Balaban J connectivity index is 1.19. The van der Waals surface area contributed by atoms with Gasteiger partial charge in [-0.15, -0.1) is 0 Å². The van der Waals surface area contributed by atoms with E-state index in [1.807, 2.05) is 32.0 Å². The van der Waals surface area contributed by atoms with Crippen molar-refractivity contribution in [3.63, 3.8) is 0 Å². The second kappa shape index (κ2) is 15.5. The Hall–Kier alpha value is -5.85. The van der Waals surface area contributed by atoms with Gasteiger partial charge in [-0.3, -0.25) is 18.8 Å². The fourth-order valence-corrected chi connectivity index (χ4v) is 10.3. The molecule has 11 nitrogen and oxygen atoms in total. The van der Waals surface area contributed by atoms with Crippen LogP contribution >= 0.6 is 0 Å². The molecule has 3 heterocycles. The fraction of sp³-hybridized carbons (Fsp3) is 0.318. The highest BCUT2D eigenvalue weighted by Crippen LogP contribution is 2.68. The number of rotatable bonds is 11. The predicted molar refractivity (Wildman–Crippen MR) is 215 cm³/mol. The zero-order valence-electron chi connectivity index (χ0n) is 33.2. The van der Waals surface area contributed by atoms with E-state index in [0.717, 1.165) is 33.4 Å². The SMILES string of the molecule is Cc1cccc(C)c1-c1ccc2c(=O)n(-c3ccc(S(=O)(=O)N4CCOCC4)cc3)c([C@H](Cc3cc(F)cc(F)c3)NC(=O)Cn3nc(C(F)F)c4c3C(F)(F)[C@@H]3C[C@H]43)nc2c1. The monoisotopic (exact) mass is 876 g/mol. The number of nitrogens with zero attached hydrogens (tertiary/aromatic N) is 5. The van der Waals surface area contributed by atoms with Gasteiger partial charge in [-0.25, -0.2) is 31.0 Å². The number of nitrogens with one attached hydrogen (secondary N) is 1. The van der Waals surface area contributed by atoms with Crippen LogP contribution in [0.5, 0.6) is 0 Å². The molecule has 62 heavy (non-hydrogen) atoms. The van der Waals surface area contributed by atoms with Crippen LogP contribution in [0.1, 0.15) is 64.3 Å². The van der Waals surface area contributed by atoms with Crippen molar-refractivity contribution in [1.29, 1.82) is 0 Å². The van der Waals surface area contributed by atoms with Crippen LogP contribution in [-0.4, -0.2) is 64.3 Å². The molecule has 1 saturated heterocycles. The lowest BCUT2D eigenvalue weighted by atomic mass is 9.95. The van der Waals surface area contributed by atoms with Crippen molar-refractivity contribution in [3.05, 3.63) is 140 Å². The first-order chi connectivity index (χ1) is 29.5. The van der Waals surface area contributed by atoms with E-state index < -0.39 is 87.7 Å². The highest BCUT2D eigenvalue weighted by atomic mass is 32.2. The molecule has 1 saturated carbocycles. The normalized spacial score (nSPS) is 18.8. The quantitative estimate of drug-likeness (QED) is 0.134. The number of hydrogen-bond donors (Lipinski definition) is 1. The molecule has 18 heteroatoms. The molecule has 4 aromatic carbocycles. The van der Waals surface area contributed by atoms with Crippen LogP contribution in [0.3, 0.4) is 0 Å². The van der Waals surface area contributed by atoms with E-state index in [4.69, 9.17) is 9.72 Å². The molecule has 9 rings (SSSR count). The third-order valence-electron chi connectivity index (χ3n) is 11.8. The Morgan fingerprint density at radius 1 is 0.952 bits per heavy atom. The molecule has 1 aliphatic heterocycles. The summed E-state index contributed by atoms with van der Waals surface area (Å²) in [6, 6.07) is 17.4. The van der Waals surface area contributed by atoms with Crippen LogP contribution in [0.15, 0.2) is 88.6 Å². The average molecular weight is 877 g/mol. The summed E-state index contributed by atoms with van der Waals surface area (Å²) in [6.07, 6.45) is -3.57. The molecule has 3 atom stereocenters. The Morgan fingerprint density at radius 2 is 1.63 bits per heavy atom. The van der Waals surface area contributed by atoms with Crippen molar-refractivity contribution in [2.75, 3.05) is 26.3 Å². The Labute approximate surface area is 351 Å². The van der Waals surface area contributed by atoms with Gasteiger partial charge in [0.25, 0.3) is 17.9 Å². The first-order valence-corrected chi connectivity index (χ1v) is 21.3. The summed E-state index contributed by atoms with van der Waals surface area (Å²) in [6.45, 7) is 3.61. The molecule has 2 fully saturated rings. The second-order valence-electron chi connectivity index (χ2n) is 15.9. The molecule has 0 spiro atoms. The van der Waals surface area contributed by atoms with Crippen molar-refractivity contribution in [2.45, 2.75) is 62.4 Å². The maximum atomic E-state index is 15.5. The summed E-state index contributed by atoms with van der Waals surface area (Å²) in [4.78, 5) is 33.7. The lowest BCUT2D eigenvalue weighted by molar-refractivity contribution is -0.123. The molecule has 0 unspecified atom stereocenters. The van der Waals surface area contributed by atoms with Crippen LogP contribution in [0.25, 0.3) is 27.7 Å². The number of carbonyl (C=O) groups is 1. The van der Waals surface area contributed by atoms with Crippen molar-refractivity contribution in [1.82, 2.24) is 29.0 Å². The molecular weight excluding hydrogens is 839 g/mol. The number of morpholine rings is 1. The summed E-state index contributed by atoms with van der Waals surface area (Å²) in [7, 11) is -3.97. The number of amides is 1. The molecule has 1 N–H and O–H groups in total. The van der Waals surface area contributed by atoms with E-state index in [-0.39, 0.29) is 71.2 Å². The minimum absolute atomic E-state index is 0.0107. The maximum absolute atomic E-state index is 15.5. The summed E-state index contributed by atoms with van der Waals surface area (Å²) in [5.41, 5.74) is 1.23. The number of ether oxygens (including phenoxy) is 1. The zero-order chi connectivity index (χ0) is 43.8. The minimum atomic E-state index is -3.97. The van der Waals surface area contributed by atoms with Gasteiger partial charge in [0.2, 0.25) is 15.9 Å². The second-order valence-corrected chi connectivity index (χ2v) is 17.8. The van der Waals surface area contributed by atoms with Crippen LogP contribution < -0.4 is 10.9 Å². The van der Waals surface area contributed by atoms with Crippen LogP contribution in [-0.2, 0) is 38.4 Å². The highest BCUT2D eigenvalue weighted by molar-refractivity contribution is 7.89. The average Bonchev–Trinajstić information content (AvgIpc) is 3.89. The van der Waals surface area contributed by atoms with Gasteiger partial charge in [0.1, 0.15) is 35.4 Å². The third kappa shape index (κ3) is 7.26. The van der Waals surface area contributed by atoms with E-state index in [1.54, 1.807) is 18.2 Å². The largest absolute Gasteiger partial charge is 0.379 e. The number of hydrogen-bond acceptors (Lipinski definition) is 7. The van der Waals surface area contributed by atoms with Gasteiger partial charge in [-0.05, 0) is 103 Å². The van der Waals surface area contributed by atoms with Crippen molar-refractivity contribution >= 4 is 26.8 Å². The van der Waals surface area contributed by atoms with Gasteiger partial charge in [-0.2, -0.15) is 18.2 Å². The van der Waals surface area contributed by atoms with E-state index in [2.05, 4.69) is 10.4 Å². The molecule has 1 amide bonds. The first-order valence-electron chi connectivity index (χ1n) is 19.9. The standard InChI is InChI=1S/C44H38F6N6O5S/c1-23-4-3-5-24(2)37(23)26-6-11-31-34(19-26)52-42(56(43(31)58)29-7-9-30(10-8-29)62(59,60)54-12-14-61-15-13-54)35(18-25-16-27(45)20-28(46)17-25)51-36(57)22-55-40-38(39(53-55)41(47)48)32-21-33(32)44(40,49)50/h3-11,16-17,19-20,32-33,35,41H,12-15,18,21-22H2,1-2H3,(H,51,57)/t32-,33+,35-/m0/s1. The molecule has 6 aromatic rings. The van der Waals surface area contributed by atoms with Crippen LogP contribution in [0.2, 0.25) is 0 Å². The Morgan fingerprint density at radius 3 is 2.29 bits per heavy atom. The van der Waals surface area contributed by atoms with Gasteiger partial charge in [0.15, 0.2) is 0 Å². The first kappa shape index (κ1) is 41.5. The van der Waals surface area contributed by atoms with E-state index in [1.165, 1.54) is 28.6 Å². The fourth-order valence-electron chi connectivity index (χ4n) is 8.94. The summed E-state index contributed by atoms with van der Waals surface area (Å²) in [5, 5.41) is 6.57. The molecular formula is C44H38F6N6O5S. The summed E-state index contributed by atoms with van der Waals surface area (Å²) < 4.78 is 124. The molecule has 0 radical (unpaired) electrons. The number of halogens is 6. The molecule has 0 bridgehead atoms. The third-order valence-corrected chi connectivity index (χ3v) is 13.8. The highest BCUT2D eigenvalue weighted by Gasteiger charge is 2.67. The summed E-state index contributed by atoms with van der Waals surface area (Å²) >= 11 is 0. The van der Waals surface area contributed by atoms with Crippen LogP contribution in [0.4, 0.5) is 26.3 Å². The van der Waals surface area contributed by atoms with E-state index in [0.29, 0.717) is 16.3 Å². The number of carbonyl (C=O) groups excluding carboxylic acids is 1. The van der Waals surface area contributed by atoms with Crippen LogP contribution in [0, 0.1) is 31.4 Å². The van der Waals surface area contributed by atoms with E-state index >= 15 is 8.78 Å². The number of fused-ring (bicyclic) bond motifs is 4. The Kier molecular flexibility index (Phi) is 10.4. The van der Waals surface area contributed by atoms with Gasteiger partial charge in [0, 0.05) is 37.1 Å². The number of benzene rings is 4. The molecule has 3 aliphatic rings. The van der Waals surface area contributed by atoms with E-state index in [9.17, 15) is 35.6 Å². The van der Waals surface area contributed by atoms with Gasteiger partial charge in [0.05, 0.1) is 40.7 Å². The Bertz CT molecular complexity index is 2910. The topological polar surface area (TPSA) is 128 Å². The zero-order valence-corrected chi connectivity index (χ0v) is 34.0. The molecule has 322 valence electrons. The number of alkyl halides is 4. The minimum Gasteiger partial charge on any atom is -0.379 e. The predicted octanol–water partition coefficient (Wildman–Crippen LogP) is 7.41. The molecule has 2 aromatic heterocycles. The number of sulfonamides is 1. The maximum Gasteiger partial charge on any atom is 0.293 e. The van der Waals surface area contributed by atoms with Crippen molar-refractivity contribution in [2.24, 2.45) is 5.92 Å². The number of aromatic nitrogens is 4. The smallest absolute Gasteiger partial charge is 0.293 e. The van der Waals surface area contributed by atoms with Gasteiger partial charge in [-0.1, -0.05) is 24.3 Å².